The van der Waals surface area contributed by atoms with Crippen LogP contribution in [0.3, 0.4) is 0 Å². The molecule has 0 aliphatic rings. The first kappa shape index (κ1) is 31.2. The monoisotopic (exact) mass is 702 g/mol. The van der Waals surface area contributed by atoms with Crippen molar-refractivity contribution in [1.82, 2.24) is 4.57 Å². The van der Waals surface area contributed by atoms with Crippen molar-refractivity contribution in [2.24, 2.45) is 0 Å². The second-order valence-electron chi connectivity index (χ2n) is 14.1. The molecular weight excluding hydrogens is 669 g/mol. The number of hydrogen-bond acceptors (Lipinski definition) is 2. The van der Waals surface area contributed by atoms with Crippen LogP contribution in [0.15, 0.2) is 211 Å². The van der Waals surface area contributed by atoms with E-state index in [1.54, 1.807) is 0 Å². The summed E-state index contributed by atoms with van der Waals surface area (Å²) in [5, 5.41) is 7.14. The smallest absolute Gasteiger partial charge is 0.136 e. The predicted octanol–water partition coefficient (Wildman–Crippen LogP) is 14.6. The fourth-order valence-corrected chi connectivity index (χ4v) is 8.45. The summed E-state index contributed by atoms with van der Waals surface area (Å²) in [5.41, 5.74) is 13.3. The molecule has 11 rings (SSSR count). The molecule has 11 aromatic rings. The van der Waals surface area contributed by atoms with Gasteiger partial charge in [0.1, 0.15) is 11.2 Å². The van der Waals surface area contributed by atoms with E-state index in [4.69, 9.17) is 4.42 Å². The van der Waals surface area contributed by atoms with Gasteiger partial charge < -0.3 is 13.9 Å². The molecule has 55 heavy (non-hydrogen) atoms. The van der Waals surface area contributed by atoms with E-state index in [9.17, 15) is 0 Å². The minimum absolute atomic E-state index is 0.914. The second-order valence-corrected chi connectivity index (χ2v) is 14.1. The molecule has 0 N–H and O–H groups in total. The van der Waals surface area contributed by atoms with Gasteiger partial charge in [0, 0.05) is 38.6 Å². The molecule has 0 aliphatic heterocycles. The van der Waals surface area contributed by atoms with E-state index >= 15 is 0 Å². The van der Waals surface area contributed by atoms with Crippen LogP contribution in [-0.2, 0) is 0 Å². The molecule has 0 spiro atoms. The largest absolute Gasteiger partial charge is 0.456 e. The summed E-state index contributed by atoms with van der Waals surface area (Å²) in [6.07, 6.45) is 0. The Hall–Kier alpha value is -7.36. The number of aromatic nitrogens is 1. The maximum absolute atomic E-state index is 6.25. The third kappa shape index (κ3) is 5.13. The van der Waals surface area contributed by atoms with Crippen LogP contribution in [0.2, 0.25) is 0 Å². The van der Waals surface area contributed by atoms with Gasteiger partial charge in [-0.15, -0.1) is 0 Å². The van der Waals surface area contributed by atoms with Gasteiger partial charge >= 0.3 is 0 Å². The first-order chi connectivity index (χ1) is 27.3. The Balaban J connectivity index is 1.10. The van der Waals surface area contributed by atoms with Gasteiger partial charge in [0.05, 0.1) is 16.7 Å². The van der Waals surface area contributed by atoms with Crippen LogP contribution in [0, 0.1) is 0 Å². The Kier molecular flexibility index (Phi) is 7.17. The highest BCUT2D eigenvalue weighted by atomic mass is 16.3. The Morgan fingerprint density at radius 3 is 1.85 bits per heavy atom. The van der Waals surface area contributed by atoms with Crippen LogP contribution in [0.5, 0.6) is 0 Å². The lowest BCUT2D eigenvalue weighted by molar-refractivity contribution is 0.669. The lowest BCUT2D eigenvalue weighted by atomic mass is 9.97. The van der Waals surface area contributed by atoms with Crippen molar-refractivity contribution in [1.29, 1.82) is 0 Å². The van der Waals surface area contributed by atoms with Crippen molar-refractivity contribution in [3.8, 4) is 27.9 Å². The van der Waals surface area contributed by atoms with E-state index in [0.717, 1.165) is 44.9 Å². The molecule has 0 aliphatic carbocycles. The lowest BCUT2D eigenvalue weighted by Crippen LogP contribution is -2.10. The molecule has 3 nitrogen and oxygen atoms in total. The summed E-state index contributed by atoms with van der Waals surface area (Å²) in [6, 6.07) is 74.0. The van der Waals surface area contributed by atoms with Crippen molar-refractivity contribution >= 4 is 71.6 Å². The molecule has 0 radical (unpaired) electrons. The fraction of sp³-hybridized carbons (Fsp3) is 0. The maximum Gasteiger partial charge on any atom is 0.136 e. The molecule has 9 aromatic carbocycles. The van der Waals surface area contributed by atoms with Gasteiger partial charge in [-0.25, -0.2) is 0 Å². The molecule has 0 unspecified atom stereocenters. The molecule has 0 bridgehead atoms. The van der Waals surface area contributed by atoms with E-state index in [1.165, 1.54) is 54.7 Å². The van der Waals surface area contributed by atoms with Gasteiger partial charge in [-0.1, -0.05) is 133 Å². The Morgan fingerprint density at radius 1 is 0.364 bits per heavy atom. The molecule has 0 amide bonds. The third-order valence-electron chi connectivity index (χ3n) is 11.0. The van der Waals surface area contributed by atoms with Gasteiger partial charge in [-0.2, -0.15) is 0 Å². The van der Waals surface area contributed by atoms with E-state index in [-0.39, 0.29) is 0 Å². The van der Waals surface area contributed by atoms with Gasteiger partial charge in [0.15, 0.2) is 0 Å². The number of anilines is 3. The lowest BCUT2D eigenvalue weighted by Gasteiger charge is -2.27. The quantitative estimate of drug-likeness (QED) is 0.172. The standard InChI is InChI=1S/C52H34N2O/c1-3-13-35(14-4-1)38-15-11-18-42(33-38)53(47-22-12-23-48-52(47)43-19-7-9-21-46(43)54(48)40-16-5-2-6-17-40)41-30-27-36(28-31-41)39-26-25-37-29-32-50-51(45(37)34-39)44-20-8-10-24-49(44)55-50/h1-34H. The van der Waals surface area contributed by atoms with Crippen LogP contribution >= 0.6 is 0 Å². The highest BCUT2D eigenvalue weighted by Gasteiger charge is 2.21. The number of benzene rings is 9. The van der Waals surface area contributed by atoms with E-state index in [2.05, 4.69) is 204 Å². The Morgan fingerprint density at radius 2 is 1.00 bits per heavy atom. The van der Waals surface area contributed by atoms with Gasteiger partial charge in [-0.3, -0.25) is 0 Å². The van der Waals surface area contributed by atoms with Crippen LogP contribution < -0.4 is 4.90 Å². The van der Waals surface area contributed by atoms with Crippen LogP contribution in [-0.4, -0.2) is 4.57 Å². The van der Waals surface area contributed by atoms with Gasteiger partial charge in [-0.05, 0) is 106 Å². The normalized spacial score (nSPS) is 11.6. The SMILES string of the molecule is c1ccc(-c2cccc(N(c3ccc(-c4ccc5ccc6oc7ccccc7c6c5c4)cc3)c3cccc4c3c3ccccc3n4-c3ccccc3)c2)cc1. The zero-order valence-electron chi connectivity index (χ0n) is 29.9. The number of nitrogens with zero attached hydrogens (tertiary/aromatic N) is 2. The maximum atomic E-state index is 6.25. The zero-order valence-corrected chi connectivity index (χ0v) is 29.9. The van der Waals surface area contributed by atoms with Crippen molar-refractivity contribution in [3.05, 3.63) is 206 Å². The number of rotatable bonds is 6. The van der Waals surface area contributed by atoms with Crippen LogP contribution in [0.1, 0.15) is 0 Å². The zero-order chi connectivity index (χ0) is 36.3. The molecule has 0 fully saturated rings. The fourth-order valence-electron chi connectivity index (χ4n) is 8.45. The number of furan rings is 1. The van der Waals surface area contributed by atoms with E-state index in [1.807, 2.05) is 12.1 Å². The van der Waals surface area contributed by atoms with Crippen LogP contribution in [0.4, 0.5) is 17.1 Å². The summed E-state index contributed by atoms with van der Waals surface area (Å²) in [6.45, 7) is 0. The first-order valence-electron chi connectivity index (χ1n) is 18.8. The van der Waals surface area contributed by atoms with Crippen molar-refractivity contribution < 1.29 is 4.42 Å². The Bertz CT molecular complexity index is 3190. The summed E-state index contributed by atoms with van der Waals surface area (Å²) in [4.78, 5) is 2.42. The van der Waals surface area contributed by atoms with E-state index < -0.39 is 0 Å². The summed E-state index contributed by atoms with van der Waals surface area (Å²) in [5.74, 6) is 0. The topological polar surface area (TPSA) is 21.3 Å². The average Bonchev–Trinajstić information content (AvgIpc) is 3.81. The van der Waals surface area contributed by atoms with Crippen LogP contribution in [0.25, 0.3) is 82.5 Å². The van der Waals surface area contributed by atoms with Crippen molar-refractivity contribution in [2.45, 2.75) is 0 Å². The Labute approximate surface area is 318 Å². The third-order valence-corrected chi connectivity index (χ3v) is 11.0. The number of hydrogen-bond donors (Lipinski definition) is 0. The molecule has 258 valence electrons. The predicted molar refractivity (Wildman–Crippen MR) is 231 cm³/mol. The number of para-hydroxylation sites is 3. The van der Waals surface area contributed by atoms with E-state index in [0.29, 0.717) is 0 Å². The molecule has 3 heteroatoms. The number of fused-ring (bicyclic) bond motifs is 8. The van der Waals surface area contributed by atoms with Gasteiger partial charge in [0.2, 0.25) is 0 Å². The molecule has 2 heterocycles. The molecular formula is C52H34N2O. The van der Waals surface area contributed by atoms with Crippen molar-refractivity contribution in [2.75, 3.05) is 4.90 Å². The second kappa shape index (κ2) is 12.6. The highest BCUT2D eigenvalue weighted by Crippen LogP contribution is 2.45. The highest BCUT2D eigenvalue weighted by molar-refractivity contribution is 6.19. The minimum Gasteiger partial charge on any atom is -0.456 e. The molecule has 0 saturated carbocycles. The summed E-state index contributed by atoms with van der Waals surface area (Å²) < 4.78 is 8.63. The first-order valence-corrected chi connectivity index (χ1v) is 18.8. The summed E-state index contributed by atoms with van der Waals surface area (Å²) >= 11 is 0. The molecule has 0 atom stereocenters. The molecule has 2 aromatic heterocycles. The minimum atomic E-state index is 0.914. The van der Waals surface area contributed by atoms with Gasteiger partial charge in [0.25, 0.3) is 0 Å². The summed E-state index contributed by atoms with van der Waals surface area (Å²) in [7, 11) is 0. The molecule has 0 saturated heterocycles. The van der Waals surface area contributed by atoms with Crippen molar-refractivity contribution in [3.63, 3.8) is 0 Å². The average molecular weight is 703 g/mol.